The minimum Gasteiger partial charge on any atom is -0.394 e. The molecule has 2 atom stereocenters. The second-order valence-corrected chi connectivity index (χ2v) is 9.96. The fourth-order valence-electron chi connectivity index (χ4n) is 5.27. The van der Waals surface area contributed by atoms with Crippen molar-refractivity contribution in [2.45, 2.75) is 65.0 Å². The molecule has 186 valence electrons. The average Bonchev–Trinajstić information content (AvgIpc) is 3.27. The van der Waals surface area contributed by atoms with Crippen molar-refractivity contribution in [3.63, 3.8) is 0 Å². The molecule has 1 aliphatic heterocycles. The number of aliphatic hydroxyl groups excluding tert-OH is 1. The smallest absolute Gasteiger partial charge is 0.243 e. The maximum atomic E-state index is 13.4. The normalized spacial score (nSPS) is 18.3. The highest BCUT2D eigenvalue weighted by Gasteiger charge is 2.34. The molecule has 3 N–H and O–H groups in total. The summed E-state index contributed by atoms with van der Waals surface area (Å²) >= 11 is 0. The number of carbonyl (C=O) groups is 2. The standard InChI is InChI=1S/C29H37N3O3/c1-4-5-9-14-32-24-13-12-23(25(34)15-20-10-7-6-8-11-20)27-26(24)21(17-30-27)16-22(18-33)31-29(35)28(32)19(2)3/h6-8,10-13,17,19,22,28,30,33H,4-5,9,14-16,18H2,1-3H3,(H,31,35)/t22-,28-/m0/s1. The first-order valence-corrected chi connectivity index (χ1v) is 12.8. The van der Waals surface area contributed by atoms with Gasteiger partial charge >= 0.3 is 0 Å². The summed E-state index contributed by atoms with van der Waals surface area (Å²) < 4.78 is 0. The van der Waals surface area contributed by atoms with Gasteiger partial charge in [0.05, 0.1) is 18.2 Å². The third-order valence-electron chi connectivity index (χ3n) is 6.98. The lowest BCUT2D eigenvalue weighted by molar-refractivity contribution is -0.124. The van der Waals surface area contributed by atoms with E-state index >= 15 is 0 Å². The Morgan fingerprint density at radius 1 is 1.14 bits per heavy atom. The number of carbonyl (C=O) groups excluding carboxylic acids is 2. The van der Waals surface area contributed by atoms with E-state index in [-0.39, 0.29) is 36.3 Å². The molecule has 0 bridgehead atoms. The zero-order valence-electron chi connectivity index (χ0n) is 21.0. The van der Waals surface area contributed by atoms with E-state index in [1.807, 2.05) is 48.7 Å². The van der Waals surface area contributed by atoms with Gasteiger partial charge in [0.15, 0.2) is 5.78 Å². The Labute approximate surface area is 207 Å². The van der Waals surface area contributed by atoms with Gasteiger partial charge < -0.3 is 20.3 Å². The lowest BCUT2D eigenvalue weighted by atomic mass is 9.96. The molecular weight excluding hydrogens is 438 g/mol. The number of nitrogens with zero attached hydrogens (tertiary/aromatic N) is 1. The molecule has 0 fully saturated rings. The molecule has 2 heterocycles. The Bertz CT molecular complexity index is 1170. The number of ketones is 1. The lowest BCUT2D eigenvalue weighted by Gasteiger charge is -2.36. The van der Waals surface area contributed by atoms with Crippen LogP contribution in [0.3, 0.4) is 0 Å². The van der Waals surface area contributed by atoms with Gasteiger partial charge in [-0.25, -0.2) is 0 Å². The van der Waals surface area contributed by atoms with E-state index in [2.05, 4.69) is 36.0 Å². The van der Waals surface area contributed by atoms with Crippen molar-refractivity contribution in [1.82, 2.24) is 10.3 Å². The second-order valence-electron chi connectivity index (χ2n) is 9.96. The van der Waals surface area contributed by atoms with Crippen LogP contribution in [0.15, 0.2) is 48.7 Å². The molecule has 0 unspecified atom stereocenters. The van der Waals surface area contributed by atoms with E-state index in [1.165, 1.54) is 0 Å². The first-order chi connectivity index (χ1) is 16.9. The Morgan fingerprint density at radius 2 is 1.91 bits per heavy atom. The summed E-state index contributed by atoms with van der Waals surface area (Å²) in [5, 5.41) is 14.1. The van der Waals surface area contributed by atoms with Crippen LogP contribution in [0.4, 0.5) is 5.69 Å². The second kappa shape index (κ2) is 11.1. The van der Waals surface area contributed by atoms with Crippen molar-refractivity contribution in [2.24, 2.45) is 5.92 Å². The zero-order chi connectivity index (χ0) is 24.9. The highest BCUT2D eigenvalue weighted by atomic mass is 16.3. The molecule has 0 saturated carbocycles. The number of aromatic amines is 1. The van der Waals surface area contributed by atoms with Gasteiger partial charge in [0.2, 0.25) is 5.91 Å². The molecular formula is C29H37N3O3. The van der Waals surface area contributed by atoms with Gasteiger partial charge in [0.1, 0.15) is 6.04 Å². The van der Waals surface area contributed by atoms with Crippen LogP contribution in [0.25, 0.3) is 10.9 Å². The molecule has 4 rings (SSSR count). The Hall–Kier alpha value is -3.12. The maximum Gasteiger partial charge on any atom is 0.243 e. The molecule has 35 heavy (non-hydrogen) atoms. The molecule has 1 amide bonds. The van der Waals surface area contributed by atoms with E-state index in [9.17, 15) is 14.7 Å². The minimum atomic E-state index is -0.380. The molecule has 0 saturated heterocycles. The molecule has 0 radical (unpaired) electrons. The first kappa shape index (κ1) is 25.0. The number of unbranched alkanes of at least 4 members (excludes halogenated alkanes) is 2. The minimum absolute atomic E-state index is 0.0536. The van der Waals surface area contributed by atoms with Gasteiger partial charge in [-0.2, -0.15) is 0 Å². The van der Waals surface area contributed by atoms with Gasteiger partial charge in [-0.3, -0.25) is 9.59 Å². The molecule has 2 aromatic carbocycles. The largest absolute Gasteiger partial charge is 0.394 e. The first-order valence-electron chi connectivity index (χ1n) is 12.8. The van der Waals surface area contributed by atoms with Crippen LogP contribution in [-0.4, -0.2) is 47.0 Å². The van der Waals surface area contributed by atoms with Crippen molar-refractivity contribution in [1.29, 1.82) is 0 Å². The number of aromatic nitrogens is 1. The number of Topliss-reactive ketones (excluding diaryl/α,β-unsaturated/α-hetero) is 1. The summed E-state index contributed by atoms with van der Waals surface area (Å²) in [5.41, 5.74) is 4.44. The average molecular weight is 476 g/mol. The monoisotopic (exact) mass is 475 g/mol. The Morgan fingerprint density at radius 3 is 2.60 bits per heavy atom. The van der Waals surface area contributed by atoms with Crippen LogP contribution in [-0.2, 0) is 17.6 Å². The predicted molar refractivity (Wildman–Crippen MR) is 141 cm³/mol. The number of hydrogen-bond donors (Lipinski definition) is 3. The molecule has 6 nitrogen and oxygen atoms in total. The van der Waals surface area contributed by atoms with Crippen molar-refractivity contribution in [3.8, 4) is 0 Å². The maximum absolute atomic E-state index is 13.4. The topological polar surface area (TPSA) is 85.4 Å². The van der Waals surface area contributed by atoms with Crippen molar-refractivity contribution in [3.05, 3.63) is 65.4 Å². The van der Waals surface area contributed by atoms with E-state index in [4.69, 9.17) is 0 Å². The summed E-state index contributed by atoms with van der Waals surface area (Å²) in [7, 11) is 0. The van der Waals surface area contributed by atoms with Gasteiger partial charge in [-0.15, -0.1) is 0 Å². The zero-order valence-corrected chi connectivity index (χ0v) is 21.0. The fraction of sp³-hybridized carbons (Fsp3) is 0.448. The highest BCUT2D eigenvalue weighted by molar-refractivity contribution is 6.12. The predicted octanol–water partition coefficient (Wildman–Crippen LogP) is 4.65. The van der Waals surface area contributed by atoms with E-state index in [0.29, 0.717) is 18.4 Å². The summed E-state index contributed by atoms with van der Waals surface area (Å²) in [4.78, 5) is 32.4. The van der Waals surface area contributed by atoms with Gasteiger partial charge in [0, 0.05) is 35.8 Å². The van der Waals surface area contributed by atoms with E-state index in [1.54, 1.807) is 0 Å². The lowest BCUT2D eigenvalue weighted by Crippen LogP contribution is -2.53. The van der Waals surface area contributed by atoms with Gasteiger partial charge in [0.25, 0.3) is 0 Å². The molecule has 1 aromatic heterocycles. The van der Waals surface area contributed by atoms with Crippen molar-refractivity contribution < 1.29 is 14.7 Å². The number of aliphatic hydroxyl groups is 1. The summed E-state index contributed by atoms with van der Waals surface area (Å²) in [6.45, 7) is 6.92. The molecule has 6 heteroatoms. The van der Waals surface area contributed by atoms with Crippen LogP contribution in [0.1, 0.15) is 61.5 Å². The highest BCUT2D eigenvalue weighted by Crippen LogP contribution is 2.36. The third-order valence-corrected chi connectivity index (χ3v) is 6.98. The van der Waals surface area contributed by atoms with Gasteiger partial charge in [-0.05, 0) is 42.0 Å². The SMILES string of the molecule is CCCCCN1c2ccc(C(=O)Cc3ccccc3)c3[nH]cc(c23)C[C@@H](CO)NC(=O)[C@@H]1C(C)C. The number of hydrogen-bond acceptors (Lipinski definition) is 4. The Balaban J connectivity index is 1.85. The van der Waals surface area contributed by atoms with E-state index in [0.717, 1.165) is 53.5 Å². The third kappa shape index (κ3) is 5.27. The Kier molecular flexibility index (Phi) is 7.91. The summed E-state index contributed by atoms with van der Waals surface area (Å²) in [5.74, 6) is 0.0786. The van der Waals surface area contributed by atoms with Crippen LogP contribution >= 0.6 is 0 Å². The van der Waals surface area contributed by atoms with Crippen LogP contribution in [0.2, 0.25) is 0 Å². The van der Waals surface area contributed by atoms with E-state index < -0.39 is 0 Å². The van der Waals surface area contributed by atoms with Crippen LogP contribution in [0.5, 0.6) is 0 Å². The van der Waals surface area contributed by atoms with Gasteiger partial charge in [-0.1, -0.05) is 63.9 Å². The summed E-state index contributed by atoms with van der Waals surface area (Å²) in [6, 6.07) is 13.0. The van der Waals surface area contributed by atoms with Crippen LogP contribution < -0.4 is 10.2 Å². The number of anilines is 1. The number of nitrogens with one attached hydrogen (secondary N) is 2. The fourth-order valence-corrected chi connectivity index (χ4v) is 5.27. The van der Waals surface area contributed by atoms with Crippen LogP contribution in [0, 0.1) is 5.92 Å². The molecule has 1 aliphatic rings. The molecule has 0 spiro atoms. The molecule has 3 aromatic rings. The number of amides is 1. The number of benzene rings is 2. The number of rotatable bonds is 9. The quantitative estimate of drug-likeness (QED) is 0.311. The number of H-pyrrole nitrogens is 1. The van der Waals surface area contributed by atoms with Crippen molar-refractivity contribution >= 4 is 28.3 Å². The van der Waals surface area contributed by atoms with Crippen molar-refractivity contribution in [2.75, 3.05) is 18.1 Å². The molecule has 0 aliphatic carbocycles. The summed E-state index contributed by atoms with van der Waals surface area (Å²) in [6.07, 6.45) is 5.92.